The van der Waals surface area contributed by atoms with Gasteiger partial charge in [0.25, 0.3) is 0 Å². The molecule has 1 aromatic rings. The van der Waals surface area contributed by atoms with E-state index in [9.17, 15) is 4.79 Å². The van der Waals surface area contributed by atoms with Gasteiger partial charge in [0.15, 0.2) is 0 Å². The number of anilines is 2. The van der Waals surface area contributed by atoms with Crippen LogP contribution in [0.3, 0.4) is 0 Å². The number of aromatic nitrogens is 1. The number of carbonyl (C=O) groups excluding carboxylic acids is 1. The monoisotopic (exact) mass is 276 g/mol. The highest BCUT2D eigenvalue weighted by Gasteiger charge is 2.11. The first-order chi connectivity index (χ1) is 9.65. The van der Waals surface area contributed by atoms with Gasteiger partial charge in [0, 0.05) is 25.6 Å². The normalized spacial score (nSPS) is 16.8. The molecule has 1 atom stereocenters. The van der Waals surface area contributed by atoms with Crippen LogP contribution in [0, 0.1) is 0 Å². The van der Waals surface area contributed by atoms with Crippen molar-refractivity contribution in [3.63, 3.8) is 0 Å². The minimum Gasteiger partial charge on any atom is -0.370 e. The average Bonchev–Trinajstić information content (AvgIpc) is 2.47. The fraction of sp³-hybridized carbons (Fsp3) is 0.600. The predicted molar refractivity (Wildman–Crippen MR) is 81.8 cm³/mol. The lowest BCUT2D eigenvalue weighted by Gasteiger charge is -2.28. The fourth-order valence-corrected chi connectivity index (χ4v) is 2.36. The van der Waals surface area contributed by atoms with Crippen molar-refractivity contribution >= 4 is 17.4 Å². The molecule has 1 saturated heterocycles. The Hall–Kier alpha value is -1.62. The van der Waals surface area contributed by atoms with Crippen LogP contribution in [0.4, 0.5) is 11.5 Å². The minimum absolute atomic E-state index is 0.0273. The summed E-state index contributed by atoms with van der Waals surface area (Å²) in [5.41, 5.74) is 6.77. The highest BCUT2D eigenvalue weighted by molar-refractivity contribution is 5.89. The van der Waals surface area contributed by atoms with Gasteiger partial charge >= 0.3 is 0 Å². The Bertz CT molecular complexity index is 424. The summed E-state index contributed by atoms with van der Waals surface area (Å²) in [6, 6.07) is 3.95. The van der Waals surface area contributed by atoms with Crippen molar-refractivity contribution < 1.29 is 4.79 Å². The maximum Gasteiger partial charge on any atom is 0.225 e. The molecule has 1 aliphatic heterocycles. The molecule has 1 fully saturated rings. The van der Waals surface area contributed by atoms with E-state index < -0.39 is 0 Å². The second-order valence-corrected chi connectivity index (χ2v) is 5.51. The van der Waals surface area contributed by atoms with Gasteiger partial charge in [-0.05, 0) is 44.7 Å². The zero-order valence-corrected chi connectivity index (χ0v) is 12.1. The molecule has 0 aliphatic carbocycles. The van der Waals surface area contributed by atoms with Crippen LogP contribution in [0.2, 0.25) is 0 Å². The Kier molecular flexibility index (Phi) is 5.35. The van der Waals surface area contributed by atoms with E-state index >= 15 is 0 Å². The number of nitrogens with one attached hydrogen (secondary N) is 1. The average molecular weight is 276 g/mol. The third-order valence-corrected chi connectivity index (χ3v) is 3.56. The number of pyridine rings is 1. The molecule has 2 rings (SSSR count). The summed E-state index contributed by atoms with van der Waals surface area (Å²) in [5.74, 6) is 0.584. The zero-order chi connectivity index (χ0) is 14.4. The van der Waals surface area contributed by atoms with Crippen LogP contribution in [0.15, 0.2) is 18.3 Å². The quantitative estimate of drug-likeness (QED) is 0.864. The molecule has 1 aliphatic rings. The summed E-state index contributed by atoms with van der Waals surface area (Å²) < 4.78 is 0. The van der Waals surface area contributed by atoms with E-state index in [-0.39, 0.29) is 11.9 Å². The molecule has 3 N–H and O–H groups in total. The summed E-state index contributed by atoms with van der Waals surface area (Å²) in [5, 5.41) is 2.80. The summed E-state index contributed by atoms with van der Waals surface area (Å²) in [6.45, 7) is 4.10. The first-order valence-corrected chi connectivity index (χ1v) is 7.41. The molecule has 0 aromatic carbocycles. The number of hydrogen-bond acceptors (Lipinski definition) is 4. The molecule has 1 aromatic heterocycles. The maximum absolute atomic E-state index is 11.7. The SMILES string of the molecule is CC(N)CCC(=O)Nc1ccc(N2CCCCC2)cn1. The third kappa shape index (κ3) is 4.49. The van der Waals surface area contributed by atoms with Gasteiger partial charge in [0.1, 0.15) is 5.82 Å². The Balaban J connectivity index is 1.86. The van der Waals surface area contributed by atoms with Gasteiger partial charge in [-0.2, -0.15) is 0 Å². The first-order valence-electron chi connectivity index (χ1n) is 7.41. The molecule has 0 bridgehead atoms. The Morgan fingerprint density at radius 1 is 1.40 bits per heavy atom. The lowest BCUT2D eigenvalue weighted by atomic mass is 10.1. The number of nitrogens with zero attached hydrogens (tertiary/aromatic N) is 2. The molecule has 110 valence electrons. The first kappa shape index (κ1) is 14.8. The van der Waals surface area contributed by atoms with Crippen LogP contribution in [-0.2, 0) is 4.79 Å². The number of piperidine rings is 1. The standard InChI is InChI=1S/C15H24N4O/c1-12(16)5-8-15(20)18-14-7-6-13(11-17-14)19-9-3-2-4-10-19/h6-7,11-12H,2-5,8-10,16H2,1H3,(H,17,18,20). The van der Waals surface area contributed by atoms with Crippen LogP contribution < -0.4 is 16.0 Å². The Morgan fingerprint density at radius 2 is 2.15 bits per heavy atom. The molecule has 5 heteroatoms. The Labute approximate surface area is 120 Å². The maximum atomic E-state index is 11.7. The van der Waals surface area contributed by atoms with Crippen LogP contribution in [0.25, 0.3) is 0 Å². The molecule has 2 heterocycles. The van der Waals surface area contributed by atoms with Crippen molar-refractivity contribution in [2.75, 3.05) is 23.3 Å². The number of amides is 1. The van der Waals surface area contributed by atoms with Gasteiger partial charge in [-0.1, -0.05) is 0 Å². The summed E-state index contributed by atoms with van der Waals surface area (Å²) in [7, 11) is 0. The van der Waals surface area contributed by atoms with E-state index in [0.29, 0.717) is 18.7 Å². The zero-order valence-electron chi connectivity index (χ0n) is 12.1. The number of rotatable bonds is 5. The van der Waals surface area contributed by atoms with E-state index in [1.807, 2.05) is 25.3 Å². The van der Waals surface area contributed by atoms with Crippen molar-refractivity contribution in [3.05, 3.63) is 18.3 Å². The summed E-state index contributed by atoms with van der Waals surface area (Å²) in [6.07, 6.45) is 6.78. The molecule has 20 heavy (non-hydrogen) atoms. The second-order valence-electron chi connectivity index (χ2n) is 5.51. The van der Waals surface area contributed by atoms with Crippen molar-refractivity contribution in [3.8, 4) is 0 Å². The van der Waals surface area contributed by atoms with E-state index in [1.54, 1.807) is 0 Å². The lowest BCUT2D eigenvalue weighted by Crippen LogP contribution is -2.29. The molecule has 0 saturated carbocycles. The van der Waals surface area contributed by atoms with Crippen molar-refractivity contribution in [2.45, 2.75) is 45.1 Å². The van der Waals surface area contributed by atoms with Gasteiger partial charge in [-0.25, -0.2) is 4.98 Å². The van der Waals surface area contributed by atoms with Crippen molar-refractivity contribution in [1.29, 1.82) is 0 Å². The Morgan fingerprint density at radius 3 is 2.75 bits per heavy atom. The topological polar surface area (TPSA) is 71.2 Å². The largest absolute Gasteiger partial charge is 0.370 e. The molecule has 5 nitrogen and oxygen atoms in total. The lowest BCUT2D eigenvalue weighted by molar-refractivity contribution is -0.116. The predicted octanol–water partition coefficient (Wildman–Crippen LogP) is 2.14. The number of carbonyl (C=O) groups is 1. The van der Waals surface area contributed by atoms with Crippen LogP contribution >= 0.6 is 0 Å². The van der Waals surface area contributed by atoms with Gasteiger partial charge in [0.2, 0.25) is 5.91 Å². The molecule has 1 amide bonds. The van der Waals surface area contributed by atoms with E-state index in [2.05, 4.69) is 15.2 Å². The molecular formula is C15H24N4O. The second kappa shape index (κ2) is 7.24. The molecule has 0 radical (unpaired) electrons. The molecular weight excluding hydrogens is 252 g/mol. The minimum atomic E-state index is -0.0273. The van der Waals surface area contributed by atoms with Crippen molar-refractivity contribution in [2.24, 2.45) is 5.73 Å². The number of nitrogens with two attached hydrogens (primary N) is 1. The third-order valence-electron chi connectivity index (χ3n) is 3.56. The highest BCUT2D eigenvalue weighted by Crippen LogP contribution is 2.19. The van der Waals surface area contributed by atoms with Gasteiger partial charge in [0.05, 0.1) is 11.9 Å². The van der Waals surface area contributed by atoms with Crippen LogP contribution in [0.5, 0.6) is 0 Å². The molecule has 1 unspecified atom stereocenters. The van der Waals surface area contributed by atoms with E-state index in [1.165, 1.54) is 19.3 Å². The smallest absolute Gasteiger partial charge is 0.225 e. The fourth-order valence-electron chi connectivity index (χ4n) is 2.36. The van der Waals surface area contributed by atoms with Gasteiger partial charge < -0.3 is 16.0 Å². The van der Waals surface area contributed by atoms with Gasteiger partial charge in [-0.3, -0.25) is 4.79 Å². The molecule has 0 spiro atoms. The van der Waals surface area contributed by atoms with Crippen LogP contribution in [0.1, 0.15) is 39.0 Å². The summed E-state index contributed by atoms with van der Waals surface area (Å²) in [4.78, 5) is 18.3. The van der Waals surface area contributed by atoms with Crippen molar-refractivity contribution in [1.82, 2.24) is 4.98 Å². The van der Waals surface area contributed by atoms with Crippen LogP contribution in [-0.4, -0.2) is 30.0 Å². The summed E-state index contributed by atoms with van der Waals surface area (Å²) >= 11 is 0. The highest BCUT2D eigenvalue weighted by atomic mass is 16.1. The number of hydrogen-bond donors (Lipinski definition) is 2. The van der Waals surface area contributed by atoms with E-state index in [4.69, 9.17) is 5.73 Å². The van der Waals surface area contributed by atoms with Gasteiger partial charge in [-0.15, -0.1) is 0 Å². The van der Waals surface area contributed by atoms with E-state index in [0.717, 1.165) is 18.8 Å².